The molecule has 0 saturated carbocycles. The molecule has 4 N–H and O–H groups in total. The third-order valence-corrected chi connectivity index (χ3v) is 6.38. The normalized spacial score (nSPS) is 13.2. The first-order chi connectivity index (χ1) is 15.4. The minimum atomic E-state index is -0.0424. The molecule has 7 nitrogen and oxygen atoms in total. The van der Waals surface area contributed by atoms with Crippen molar-refractivity contribution < 1.29 is 4.79 Å². The Bertz CT molecular complexity index is 1350. The topological polar surface area (TPSA) is 106 Å². The molecule has 1 aromatic carbocycles. The summed E-state index contributed by atoms with van der Waals surface area (Å²) in [6, 6.07) is 9.42. The van der Waals surface area contributed by atoms with Crippen LogP contribution in [-0.2, 0) is 0 Å². The number of amides is 1. The second-order valence-electron chi connectivity index (χ2n) is 6.71. The van der Waals surface area contributed by atoms with E-state index >= 15 is 0 Å². The minimum Gasteiger partial charge on any atom is -0.390 e. The highest BCUT2D eigenvalue weighted by molar-refractivity contribution is 7.21. The molecule has 33 heavy (non-hydrogen) atoms. The number of allylic oxidation sites excluding steroid dienone is 1. The van der Waals surface area contributed by atoms with E-state index in [1.807, 2.05) is 24.3 Å². The number of hydrogen-bond donors (Lipinski definition) is 3. The van der Waals surface area contributed by atoms with Crippen LogP contribution in [0, 0.1) is 0 Å². The van der Waals surface area contributed by atoms with Crippen LogP contribution >= 0.6 is 46.1 Å². The third kappa shape index (κ3) is 5.30. The van der Waals surface area contributed by atoms with Crippen molar-refractivity contribution in [1.29, 1.82) is 0 Å². The highest BCUT2D eigenvalue weighted by atomic mass is 35.5. The minimum absolute atomic E-state index is 0. The molecule has 0 unspecified atom stereocenters. The standard InChI is InChI=1S/C18H11Cl2N5OS.C3H6ClN.CH4/c19-13-7-11(24-18(20)25-13)10-2-1-8-9(23-10)3-4-12-14(8)15-16(27-12)17(26)22-6-5-21-15;1-2-3(4)5;/h1-4,7,21H,5-6H2,(H,22,26);2H,5H2,1H3;1H4/b;3-2-;. The fourth-order valence-electron chi connectivity index (χ4n) is 3.24. The van der Waals surface area contributed by atoms with Crippen LogP contribution in [0.5, 0.6) is 0 Å². The number of carbonyl (C=O) groups excluding carboxylic acids is 1. The van der Waals surface area contributed by atoms with Gasteiger partial charge in [0.05, 0.1) is 27.7 Å². The lowest BCUT2D eigenvalue weighted by Gasteiger charge is -2.07. The Morgan fingerprint density at radius 3 is 2.52 bits per heavy atom. The lowest BCUT2D eigenvalue weighted by Crippen LogP contribution is -2.24. The number of pyridine rings is 1. The second-order valence-corrected chi connectivity index (χ2v) is 8.92. The lowest BCUT2D eigenvalue weighted by atomic mass is 10.1. The van der Waals surface area contributed by atoms with Gasteiger partial charge in [0.2, 0.25) is 5.28 Å². The van der Waals surface area contributed by atoms with Gasteiger partial charge in [0.25, 0.3) is 5.91 Å². The molecular weight excluding hydrogens is 503 g/mol. The number of carbonyl (C=O) groups is 1. The van der Waals surface area contributed by atoms with Crippen molar-refractivity contribution in [2.24, 2.45) is 5.73 Å². The number of rotatable bonds is 1. The number of nitrogens with two attached hydrogens (primary N) is 1. The van der Waals surface area contributed by atoms with Gasteiger partial charge in [0.1, 0.15) is 10.0 Å². The molecule has 4 heterocycles. The first-order valence-corrected chi connectivity index (χ1v) is 11.5. The van der Waals surface area contributed by atoms with E-state index in [1.54, 1.807) is 19.1 Å². The van der Waals surface area contributed by atoms with Gasteiger partial charge in [-0.1, -0.05) is 36.7 Å². The molecule has 0 bridgehead atoms. The summed E-state index contributed by atoms with van der Waals surface area (Å²) in [6.45, 7) is 3.07. The molecule has 4 aromatic rings. The number of hydrogen-bond acceptors (Lipinski definition) is 7. The molecule has 1 aliphatic rings. The molecular formula is C22H21Cl3N6OS. The van der Waals surface area contributed by atoms with Gasteiger partial charge in [-0.25, -0.2) is 15.0 Å². The van der Waals surface area contributed by atoms with Gasteiger partial charge < -0.3 is 16.4 Å². The third-order valence-electron chi connectivity index (χ3n) is 4.65. The van der Waals surface area contributed by atoms with E-state index in [2.05, 4.69) is 20.6 Å². The first kappa shape index (κ1) is 25.0. The van der Waals surface area contributed by atoms with Crippen LogP contribution in [0.15, 0.2) is 41.6 Å². The number of fused-ring (bicyclic) bond motifs is 5. The number of nitrogens with one attached hydrogen (secondary N) is 2. The quantitative estimate of drug-likeness (QED) is 0.159. The predicted molar refractivity (Wildman–Crippen MR) is 140 cm³/mol. The van der Waals surface area contributed by atoms with Gasteiger partial charge in [0, 0.05) is 34.6 Å². The van der Waals surface area contributed by atoms with Crippen LogP contribution in [-0.4, -0.2) is 33.9 Å². The molecule has 0 aliphatic carbocycles. The molecule has 3 aromatic heterocycles. The average Bonchev–Trinajstić information content (AvgIpc) is 3.05. The second kappa shape index (κ2) is 10.5. The molecule has 1 aliphatic heterocycles. The maximum atomic E-state index is 12.3. The molecule has 0 saturated heterocycles. The Hall–Kier alpha value is -2.65. The summed E-state index contributed by atoms with van der Waals surface area (Å²) < 4.78 is 1.04. The van der Waals surface area contributed by atoms with Gasteiger partial charge in [-0.2, -0.15) is 0 Å². The van der Waals surface area contributed by atoms with E-state index in [0.29, 0.717) is 34.5 Å². The summed E-state index contributed by atoms with van der Waals surface area (Å²) in [4.78, 5) is 25.8. The van der Waals surface area contributed by atoms with Crippen LogP contribution in [0.2, 0.25) is 10.4 Å². The summed E-state index contributed by atoms with van der Waals surface area (Å²) in [5, 5.41) is 8.96. The van der Waals surface area contributed by atoms with Crippen molar-refractivity contribution in [3.8, 4) is 11.4 Å². The molecule has 1 amide bonds. The predicted octanol–water partition coefficient (Wildman–Crippen LogP) is 6.05. The number of benzene rings is 1. The van der Waals surface area contributed by atoms with E-state index < -0.39 is 0 Å². The summed E-state index contributed by atoms with van der Waals surface area (Å²) in [5.41, 5.74) is 7.81. The fraction of sp³-hybridized carbons (Fsp3) is 0.182. The number of halogens is 3. The van der Waals surface area contributed by atoms with Crippen molar-refractivity contribution in [1.82, 2.24) is 20.3 Å². The number of thiophene rings is 1. The lowest BCUT2D eigenvalue weighted by molar-refractivity contribution is 0.0962. The van der Waals surface area contributed by atoms with E-state index in [4.69, 9.17) is 45.5 Å². The zero-order valence-electron chi connectivity index (χ0n) is 16.7. The van der Waals surface area contributed by atoms with Crippen molar-refractivity contribution in [3.05, 3.63) is 56.9 Å². The SMILES string of the molecule is C.C/C=C(\N)Cl.O=C1NCCNc2c1sc1ccc3nc(-c4cc(Cl)nc(Cl)n4)ccc3c21. The monoisotopic (exact) mass is 522 g/mol. The first-order valence-electron chi connectivity index (χ1n) is 9.53. The van der Waals surface area contributed by atoms with Gasteiger partial charge in [-0.3, -0.25) is 4.79 Å². The maximum Gasteiger partial charge on any atom is 0.263 e. The zero-order valence-corrected chi connectivity index (χ0v) is 19.8. The van der Waals surface area contributed by atoms with Crippen LogP contribution in [0.3, 0.4) is 0 Å². The highest BCUT2D eigenvalue weighted by Crippen LogP contribution is 2.40. The molecule has 0 fully saturated rings. The molecule has 172 valence electrons. The molecule has 0 atom stereocenters. The number of anilines is 1. The molecule has 11 heteroatoms. The largest absolute Gasteiger partial charge is 0.390 e. The fourth-order valence-corrected chi connectivity index (χ4v) is 4.76. The van der Waals surface area contributed by atoms with Crippen LogP contribution in [0.4, 0.5) is 5.69 Å². The van der Waals surface area contributed by atoms with Gasteiger partial charge in [0.15, 0.2) is 0 Å². The smallest absolute Gasteiger partial charge is 0.263 e. The number of aromatic nitrogens is 3. The van der Waals surface area contributed by atoms with Crippen molar-refractivity contribution in [2.45, 2.75) is 14.4 Å². The summed E-state index contributed by atoms with van der Waals surface area (Å²) >= 11 is 18.5. The Labute approximate surface area is 210 Å². The number of nitrogens with zero attached hydrogens (tertiary/aromatic N) is 3. The van der Waals surface area contributed by atoms with E-state index in [0.717, 1.165) is 26.7 Å². The van der Waals surface area contributed by atoms with Crippen LogP contribution < -0.4 is 16.4 Å². The van der Waals surface area contributed by atoms with Gasteiger partial charge in [-0.05, 0) is 42.8 Å². The van der Waals surface area contributed by atoms with Gasteiger partial charge in [-0.15, -0.1) is 11.3 Å². The Kier molecular flexibility index (Phi) is 7.97. The van der Waals surface area contributed by atoms with Crippen molar-refractivity contribution in [3.63, 3.8) is 0 Å². The van der Waals surface area contributed by atoms with E-state index in [9.17, 15) is 4.79 Å². The Morgan fingerprint density at radius 2 is 1.82 bits per heavy atom. The molecule has 0 radical (unpaired) electrons. The van der Waals surface area contributed by atoms with E-state index in [1.165, 1.54) is 11.3 Å². The van der Waals surface area contributed by atoms with Crippen molar-refractivity contribution in [2.75, 3.05) is 18.4 Å². The van der Waals surface area contributed by atoms with Crippen LogP contribution in [0.25, 0.3) is 32.4 Å². The molecule has 0 spiro atoms. The highest BCUT2D eigenvalue weighted by Gasteiger charge is 2.22. The van der Waals surface area contributed by atoms with E-state index in [-0.39, 0.29) is 23.8 Å². The summed E-state index contributed by atoms with van der Waals surface area (Å²) in [7, 11) is 0. The Morgan fingerprint density at radius 1 is 1.09 bits per heavy atom. The van der Waals surface area contributed by atoms with Gasteiger partial charge >= 0.3 is 0 Å². The Balaban J connectivity index is 0.000000465. The summed E-state index contributed by atoms with van der Waals surface area (Å²) in [5.74, 6) is -0.0424. The maximum absolute atomic E-state index is 12.3. The summed E-state index contributed by atoms with van der Waals surface area (Å²) in [6.07, 6.45) is 1.63. The van der Waals surface area contributed by atoms with Crippen LogP contribution in [0.1, 0.15) is 24.0 Å². The average molecular weight is 524 g/mol. The molecule has 5 rings (SSSR count). The van der Waals surface area contributed by atoms with Crippen molar-refractivity contribution >= 4 is 78.7 Å². The zero-order chi connectivity index (χ0) is 22.8.